The second-order valence-electron chi connectivity index (χ2n) is 4.63. The van der Waals surface area contributed by atoms with E-state index in [0.29, 0.717) is 5.39 Å². The van der Waals surface area contributed by atoms with Gasteiger partial charge in [-0.2, -0.15) is 4.31 Å². The highest BCUT2D eigenvalue weighted by molar-refractivity contribution is 7.89. The van der Waals surface area contributed by atoms with Crippen molar-refractivity contribution >= 4 is 27.0 Å². The minimum absolute atomic E-state index is 0.181. The van der Waals surface area contributed by atoms with Crippen molar-refractivity contribution in [1.29, 1.82) is 0 Å². The molecule has 0 saturated heterocycles. The molecular weight excluding hydrogens is 313 g/mol. The molecule has 0 spiro atoms. The summed E-state index contributed by atoms with van der Waals surface area (Å²) in [6.45, 7) is 3.99. The summed E-state index contributed by atoms with van der Waals surface area (Å²) in [6, 6.07) is 3.65. The van der Waals surface area contributed by atoms with E-state index in [-0.39, 0.29) is 17.7 Å². The van der Waals surface area contributed by atoms with Crippen LogP contribution in [-0.4, -0.2) is 36.9 Å². The van der Waals surface area contributed by atoms with Gasteiger partial charge in [0.1, 0.15) is 17.9 Å². The third kappa shape index (κ3) is 2.88. The predicted molar refractivity (Wildman–Crippen MR) is 77.5 cm³/mol. The van der Waals surface area contributed by atoms with Crippen molar-refractivity contribution in [2.75, 3.05) is 13.1 Å². The van der Waals surface area contributed by atoms with E-state index in [0.717, 1.165) is 10.4 Å². The van der Waals surface area contributed by atoms with Crippen LogP contribution < -0.4 is 0 Å². The number of carboxylic acids is 1. The van der Waals surface area contributed by atoms with Crippen LogP contribution >= 0.6 is 0 Å². The first-order chi connectivity index (χ1) is 10.3. The number of halogens is 1. The maximum Gasteiger partial charge on any atom is 0.318 e. The lowest BCUT2D eigenvalue weighted by atomic mass is 10.2. The lowest BCUT2D eigenvalue weighted by molar-refractivity contribution is -0.137. The average molecular weight is 327 g/mol. The number of fused-ring (bicyclic) bond motifs is 1. The van der Waals surface area contributed by atoms with Gasteiger partial charge in [-0.15, -0.1) is 6.58 Å². The summed E-state index contributed by atoms with van der Waals surface area (Å²) in [4.78, 5) is 10.8. The second kappa shape index (κ2) is 5.90. The Morgan fingerprint density at radius 2 is 2.18 bits per heavy atom. The fourth-order valence-electron chi connectivity index (χ4n) is 2.08. The molecular formula is C14H14FNO5S. The minimum atomic E-state index is -4.17. The largest absolute Gasteiger partial charge is 0.480 e. The van der Waals surface area contributed by atoms with Crippen LogP contribution in [0.5, 0.6) is 0 Å². The molecule has 6 nitrogen and oxygen atoms in total. The number of furan rings is 1. The van der Waals surface area contributed by atoms with Crippen LogP contribution in [0.15, 0.2) is 40.4 Å². The van der Waals surface area contributed by atoms with Crippen molar-refractivity contribution in [1.82, 2.24) is 4.31 Å². The zero-order chi connectivity index (χ0) is 16.5. The van der Waals surface area contributed by atoms with Crippen molar-refractivity contribution in [2.45, 2.75) is 12.0 Å². The van der Waals surface area contributed by atoms with Crippen LogP contribution in [0.25, 0.3) is 11.0 Å². The number of rotatable bonds is 6. The van der Waals surface area contributed by atoms with Crippen LogP contribution in [0.1, 0.15) is 5.56 Å². The Balaban J connectivity index is 2.59. The highest BCUT2D eigenvalue weighted by Crippen LogP contribution is 2.30. The Morgan fingerprint density at radius 3 is 2.77 bits per heavy atom. The van der Waals surface area contributed by atoms with Crippen molar-refractivity contribution in [3.63, 3.8) is 0 Å². The first-order valence-electron chi connectivity index (χ1n) is 6.29. The van der Waals surface area contributed by atoms with Gasteiger partial charge in [0, 0.05) is 17.5 Å². The molecule has 8 heteroatoms. The quantitative estimate of drug-likeness (QED) is 0.821. The van der Waals surface area contributed by atoms with Gasteiger partial charge in [0.05, 0.1) is 0 Å². The number of aliphatic carboxylic acids is 1. The summed E-state index contributed by atoms with van der Waals surface area (Å²) in [6.07, 6.45) is 1.28. The monoisotopic (exact) mass is 327 g/mol. The first kappa shape index (κ1) is 16.2. The van der Waals surface area contributed by atoms with Gasteiger partial charge in [-0.1, -0.05) is 6.08 Å². The molecule has 0 fully saturated rings. The Hall–Kier alpha value is -2.19. The van der Waals surface area contributed by atoms with E-state index in [4.69, 9.17) is 9.52 Å². The van der Waals surface area contributed by atoms with Gasteiger partial charge < -0.3 is 9.52 Å². The maximum atomic E-state index is 13.3. The summed E-state index contributed by atoms with van der Waals surface area (Å²) < 4.78 is 44.4. The Kier molecular flexibility index (Phi) is 4.34. The molecule has 1 aromatic heterocycles. The standard InChI is InChI=1S/C14H14FNO5S/c1-3-6-16(8-13(17)18)22(19,20)14-9(2)11-7-10(15)4-5-12(11)21-14/h3-5,7H,1,6,8H2,2H3,(H,17,18). The van der Waals surface area contributed by atoms with Gasteiger partial charge in [0.15, 0.2) is 0 Å². The van der Waals surface area contributed by atoms with E-state index in [2.05, 4.69) is 6.58 Å². The second-order valence-corrected chi connectivity index (χ2v) is 6.47. The lowest BCUT2D eigenvalue weighted by Gasteiger charge is -2.17. The van der Waals surface area contributed by atoms with Gasteiger partial charge >= 0.3 is 5.97 Å². The molecule has 118 valence electrons. The van der Waals surface area contributed by atoms with Gasteiger partial charge in [0.2, 0.25) is 5.09 Å². The van der Waals surface area contributed by atoms with E-state index in [1.807, 2.05) is 0 Å². The van der Waals surface area contributed by atoms with Crippen LogP contribution in [0.3, 0.4) is 0 Å². The van der Waals surface area contributed by atoms with Crippen molar-refractivity contribution in [3.05, 3.63) is 42.2 Å². The number of hydrogen-bond acceptors (Lipinski definition) is 4. The topological polar surface area (TPSA) is 87.8 Å². The van der Waals surface area contributed by atoms with Gasteiger partial charge in [-0.05, 0) is 25.1 Å². The van der Waals surface area contributed by atoms with Crippen LogP contribution in [0, 0.1) is 12.7 Å². The molecule has 0 saturated carbocycles. The molecule has 0 aliphatic rings. The molecule has 0 radical (unpaired) electrons. The molecule has 0 unspecified atom stereocenters. The van der Waals surface area contributed by atoms with Crippen LogP contribution in [0.2, 0.25) is 0 Å². The molecule has 0 aliphatic heterocycles. The molecule has 22 heavy (non-hydrogen) atoms. The number of carboxylic acid groups (broad SMARTS) is 1. The zero-order valence-corrected chi connectivity index (χ0v) is 12.6. The Bertz CT molecular complexity index is 840. The van der Waals surface area contributed by atoms with Crippen LogP contribution in [-0.2, 0) is 14.8 Å². The normalized spacial score (nSPS) is 12.0. The number of sulfonamides is 1. The molecule has 0 bridgehead atoms. The molecule has 1 N–H and O–H groups in total. The highest BCUT2D eigenvalue weighted by Gasteiger charge is 2.31. The average Bonchev–Trinajstić information content (AvgIpc) is 2.76. The van der Waals surface area contributed by atoms with Gasteiger partial charge in [0.25, 0.3) is 10.0 Å². The fraction of sp³-hybridized carbons (Fsp3) is 0.214. The van der Waals surface area contributed by atoms with Gasteiger partial charge in [-0.3, -0.25) is 4.79 Å². The Morgan fingerprint density at radius 1 is 1.50 bits per heavy atom. The van der Waals surface area contributed by atoms with Crippen LogP contribution in [0.4, 0.5) is 4.39 Å². The molecule has 1 heterocycles. The van der Waals surface area contributed by atoms with E-state index >= 15 is 0 Å². The molecule has 2 aromatic rings. The number of benzene rings is 1. The molecule has 0 amide bonds. The number of nitrogens with zero attached hydrogens (tertiary/aromatic N) is 1. The lowest BCUT2D eigenvalue weighted by Crippen LogP contribution is -2.35. The SMILES string of the molecule is C=CCN(CC(=O)O)S(=O)(=O)c1oc2ccc(F)cc2c1C. The Labute approximate surface area is 126 Å². The number of aryl methyl sites for hydroxylation is 1. The summed E-state index contributed by atoms with van der Waals surface area (Å²) in [7, 11) is -4.17. The summed E-state index contributed by atoms with van der Waals surface area (Å²) in [5, 5.41) is 8.78. The summed E-state index contributed by atoms with van der Waals surface area (Å²) >= 11 is 0. The molecule has 0 atom stereocenters. The third-order valence-corrected chi connectivity index (χ3v) is 4.89. The molecule has 0 aliphatic carbocycles. The minimum Gasteiger partial charge on any atom is -0.480 e. The van der Waals surface area contributed by atoms with E-state index < -0.39 is 33.4 Å². The number of hydrogen-bond donors (Lipinski definition) is 1. The maximum absolute atomic E-state index is 13.3. The van der Waals surface area contributed by atoms with Crippen molar-refractivity contribution in [2.24, 2.45) is 0 Å². The molecule has 1 aromatic carbocycles. The molecule has 2 rings (SSSR count). The van der Waals surface area contributed by atoms with E-state index in [1.165, 1.54) is 25.1 Å². The van der Waals surface area contributed by atoms with Gasteiger partial charge in [-0.25, -0.2) is 12.8 Å². The van der Waals surface area contributed by atoms with E-state index in [1.54, 1.807) is 0 Å². The zero-order valence-electron chi connectivity index (χ0n) is 11.7. The van der Waals surface area contributed by atoms with Crippen molar-refractivity contribution < 1.29 is 27.1 Å². The highest BCUT2D eigenvalue weighted by atomic mass is 32.2. The first-order valence-corrected chi connectivity index (χ1v) is 7.73. The predicted octanol–water partition coefficient (Wildman–Crippen LogP) is 2.14. The number of carbonyl (C=O) groups is 1. The van der Waals surface area contributed by atoms with Crippen molar-refractivity contribution in [3.8, 4) is 0 Å². The van der Waals surface area contributed by atoms with E-state index in [9.17, 15) is 17.6 Å². The third-order valence-electron chi connectivity index (χ3n) is 3.07. The fourth-order valence-corrected chi connectivity index (χ4v) is 3.59. The summed E-state index contributed by atoms with van der Waals surface area (Å²) in [5.41, 5.74) is 0.445. The summed E-state index contributed by atoms with van der Waals surface area (Å²) in [5.74, 6) is -1.82. The smallest absolute Gasteiger partial charge is 0.318 e.